The highest BCUT2D eigenvalue weighted by atomic mass is 16.2. The van der Waals surface area contributed by atoms with Gasteiger partial charge in [0.25, 0.3) is 0 Å². The maximum Gasteiger partial charge on any atom is 0.223 e. The van der Waals surface area contributed by atoms with Gasteiger partial charge in [-0.2, -0.15) is 0 Å². The molecule has 2 N–H and O–H groups in total. The fourth-order valence-electron chi connectivity index (χ4n) is 4.79. The van der Waals surface area contributed by atoms with Crippen molar-refractivity contribution < 1.29 is 4.79 Å². The topological polar surface area (TPSA) is 48.1 Å². The summed E-state index contributed by atoms with van der Waals surface area (Å²) in [6.45, 7) is 4.23. The number of hydrogen-bond donors (Lipinski definition) is 2. The quantitative estimate of drug-likeness (QED) is 0.878. The molecule has 0 aromatic carbocycles. The van der Waals surface area contributed by atoms with Gasteiger partial charge in [-0.05, 0) is 49.1 Å². The van der Waals surface area contributed by atoms with E-state index < -0.39 is 0 Å². The number of aromatic nitrogens is 1. The standard InChI is InChI=1S/C19H29N3O/c23-18(15-6-7-15)21-11-16-12-22(13-17-5-4-10-20-17)14-19(16)8-2-1-3-9-19/h4-5,10,15-16,20H,1-3,6-9,11-14H2,(H,21,23). The lowest BCUT2D eigenvalue weighted by molar-refractivity contribution is -0.122. The molecular formula is C19H29N3O. The number of carbonyl (C=O) groups excluding carboxylic acids is 1. The van der Waals surface area contributed by atoms with Crippen molar-refractivity contribution in [3.8, 4) is 0 Å². The molecule has 23 heavy (non-hydrogen) atoms. The summed E-state index contributed by atoms with van der Waals surface area (Å²) in [6, 6.07) is 4.25. The van der Waals surface area contributed by atoms with Crippen LogP contribution in [0.2, 0.25) is 0 Å². The van der Waals surface area contributed by atoms with Crippen molar-refractivity contribution in [3.05, 3.63) is 24.0 Å². The Bertz CT molecular complexity index is 529. The summed E-state index contributed by atoms with van der Waals surface area (Å²) in [6.07, 6.45) is 11.0. The predicted molar refractivity (Wildman–Crippen MR) is 90.8 cm³/mol. The Balaban J connectivity index is 1.41. The molecule has 1 unspecified atom stereocenters. The molecule has 4 rings (SSSR count). The first-order chi connectivity index (χ1) is 11.3. The van der Waals surface area contributed by atoms with Crippen molar-refractivity contribution in [1.29, 1.82) is 0 Å². The highest BCUT2D eigenvalue weighted by Gasteiger charge is 2.46. The van der Waals surface area contributed by atoms with Crippen molar-refractivity contribution in [3.63, 3.8) is 0 Å². The maximum absolute atomic E-state index is 12.0. The van der Waals surface area contributed by atoms with Crippen LogP contribution in [0.25, 0.3) is 0 Å². The lowest BCUT2D eigenvalue weighted by atomic mass is 9.67. The fraction of sp³-hybridized carbons (Fsp3) is 0.737. The predicted octanol–water partition coefficient (Wildman–Crippen LogP) is 2.92. The van der Waals surface area contributed by atoms with E-state index in [4.69, 9.17) is 0 Å². The molecule has 2 aliphatic carbocycles. The maximum atomic E-state index is 12.0. The number of rotatable bonds is 5. The van der Waals surface area contributed by atoms with Crippen LogP contribution in [0.5, 0.6) is 0 Å². The number of hydrogen-bond acceptors (Lipinski definition) is 2. The molecule has 1 aliphatic heterocycles. The second kappa shape index (κ2) is 6.31. The zero-order valence-corrected chi connectivity index (χ0v) is 14.0. The molecule has 4 heteroatoms. The summed E-state index contributed by atoms with van der Waals surface area (Å²) in [5.74, 6) is 1.26. The van der Waals surface area contributed by atoms with Gasteiger partial charge in [-0.1, -0.05) is 19.3 Å². The first-order valence-electron chi connectivity index (χ1n) is 9.37. The van der Waals surface area contributed by atoms with E-state index in [-0.39, 0.29) is 0 Å². The van der Waals surface area contributed by atoms with Crippen LogP contribution in [0, 0.1) is 17.3 Å². The van der Waals surface area contributed by atoms with Crippen LogP contribution < -0.4 is 5.32 Å². The Morgan fingerprint density at radius 3 is 2.83 bits per heavy atom. The van der Waals surface area contributed by atoms with Crippen LogP contribution in [-0.4, -0.2) is 35.4 Å². The van der Waals surface area contributed by atoms with Crippen LogP contribution >= 0.6 is 0 Å². The minimum absolute atomic E-state index is 0.304. The smallest absolute Gasteiger partial charge is 0.223 e. The van der Waals surface area contributed by atoms with Gasteiger partial charge in [-0.25, -0.2) is 0 Å². The number of carbonyl (C=O) groups is 1. The van der Waals surface area contributed by atoms with Crippen LogP contribution in [0.3, 0.4) is 0 Å². The second-order valence-electron chi connectivity index (χ2n) is 8.00. The lowest BCUT2D eigenvalue weighted by Gasteiger charge is -2.38. The van der Waals surface area contributed by atoms with Crippen molar-refractivity contribution in [1.82, 2.24) is 15.2 Å². The second-order valence-corrected chi connectivity index (χ2v) is 8.00. The van der Waals surface area contributed by atoms with Gasteiger partial charge in [0.15, 0.2) is 0 Å². The van der Waals surface area contributed by atoms with Crippen LogP contribution in [0.4, 0.5) is 0 Å². The summed E-state index contributed by atoms with van der Waals surface area (Å²) >= 11 is 0. The Morgan fingerprint density at radius 2 is 2.13 bits per heavy atom. The van der Waals surface area contributed by atoms with E-state index in [0.29, 0.717) is 23.2 Å². The molecule has 1 amide bonds. The summed E-state index contributed by atoms with van der Waals surface area (Å²) in [5, 5.41) is 3.26. The molecule has 0 radical (unpaired) electrons. The Labute approximate surface area is 139 Å². The van der Waals surface area contributed by atoms with Gasteiger partial charge in [0, 0.05) is 44.0 Å². The summed E-state index contributed by atoms with van der Waals surface area (Å²) in [7, 11) is 0. The van der Waals surface area contributed by atoms with E-state index in [1.54, 1.807) is 0 Å². The van der Waals surface area contributed by atoms with E-state index in [2.05, 4.69) is 27.3 Å². The molecule has 1 aromatic heterocycles. The molecule has 3 aliphatic rings. The zero-order chi connectivity index (χ0) is 15.7. The number of amides is 1. The van der Waals surface area contributed by atoms with Gasteiger partial charge in [0.2, 0.25) is 5.91 Å². The van der Waals surface area contributed by atoms with Gasteiger partial charge in [-0.3, -0.25) is 9.69 Å². The number of H-pyrrole nitrogens is 1. The Hall–Kier alpha value is -1.29. The molecule has 3 fully saturated rings. The van der Waals surface area contributed by atoms with Gasteiger partial charge in [0.1, 0.15) is 0 Å². The van der Waals surface area contributed by atoms with Gasteiger partial charge < -0.3 is 10.3 Å². The normalized spacial score (nSPS) is 27.4. The molecule has 2 saturated carbocycles. The van der Waals surface area contributed by atoms with Crippen LogP contribution in [-0.2, 0) is 11.3 Å². The van der Waals surface area contributed by atoms with Crippen LogP contribution in [0.1, 0.15) is 50.6 Å². The third kappa shape index (κ3) is 3.32. The molecule has 4 nitrogen and oxygen atoms in total. The molecule has 1 saturated heterocycles. The first-order valence-corrected chi connectivity index (χ1v) is 9.37. The third-order valence-corrected chi connectivity index (χ3v) is 6.26. The average molecular weight is 315 g/mol. The van der Waals surface area contributed by atoms with E-state index in [1.807, 2.05) is 6.20 Å². The summed E-state index contributed by atoms with van der Waals surface area (Å²) in [4.78, 5) is 18.0. The molecule has 0 bridgehead atoms. The molecule has 1 aromatic rings. The Kier molecular flexibility index (Phi) is 4.18. The molecule has 126 valence electrons. The molecule has 2 heterocycles. The summed E-state index contributed by atoms with van der Waals surface area (Å²) in [5.41, 5.74) is 1.75. The zero-order valence-electron chi connectivity index (χ0n) is 14.0. The first kappa shape index (κ1) is 15.3. The highest BCUT2D eigenvalue weighted by molar-refractivity contribution is 5.80. The van der Waals surface area contributed by atoms with Crippen molar-refractivity contribution >= 4 is 5.91 Å². The number of nitrogens with zero attached hydrogens (tertiary/aromatic N) is 1. The van der Waals surface area contributed by atoms with E-state index in [0.717, 1.165) is 32.5 Å². The number of aromatic amines is 1. The molecule has 1 atom stereocenters. The monoisotopic (exact) mass is 315 g/mol. The number of likely N-dealkylation sites (tertiary alicyclic amines) is 1. The van der Waals surface area contributed by atoms with Crippen molar-refractivity contribution in [2.24, 2.45) is 17.3 Å². The van der Waals surface area contributed by atoms with Crippen LogP contribution in [0.15, 0.2) is 18.3 Å². The Morgan fingerprint density at radius 1 is 1.30 bits per heavy atom. The lowest BCUT2D eigenvalue weighted by Crippen LogP contribution is -2.40. The van der Waals surface area contributed by atoms with Gasteiger partial charge in [-0.15, -0.1) is 0 Å². The van der Waals surface area contributed by atoms with E-state index in [1.165, 1.54) is 44.3 Å². The van der Waals surface area contributed by atoms with Gasteiger partial charge >= 0.3 is 0 Å². The number of nitrogens with one attached hydrogen (secondary N) is 2. The SMILES string of the molecule is O=C(NCC1CN(Cc2ccc[nH]2)CC12CCCCC2)C1CC1. The third-order valence-electron chi connectivity index (χ3n) is 6.26. The largest absolute Gasteiger partial charge is 0.364 e. The fourth-order valence-corrected chi connectivity index (χ4v) is 4.79. The molecular weight excluding hydrogens is 286 g/mol. The highest BCUT2D eigenvalue weighted by Crippen LogP contribution is 2.47. The van der Waals surface area contributed by atoms with Crippen molar-refractivity contribution in [2.45, 2.75) is 51.5 Å². The molecule has 1 spiro atoms. The van der Waals surface area contributed by atoms with Gasteiger partial charge in [0.05, 0.1) is 0 Å². The summed E-state index contributed by atoms with van der Waals surface area (Å²) < 4.78 is 0. The van der Waals surface area contributed by atoms with Crippen molar-refractivity contribution in [2.75, 3.05) is 19.6 Å². The van der Waals surface area contributed by atoms with E-state index >= 15 is 0 Å². The average Bonchev–Trinajstić information content (AvgIpc) is 3.21. The minimum atomic E-state index is 0.304. The van der Waals surface area contributed by atoms with E-state index in [9.17, 15) is 4.79 Å². The minimum Gasteiger partial charge on any atom is -0.364 e.